The highest BCUT2D eigenvalue weighted by molar-refractivity contribution is 5.88. The first-order valence-corrected chi connectivity index (χ1v) is 8.38. The van der Waals surface area contributed by atoms with Crippen molar-refractivity contribution in [3.63, 3.8) is 0 Å². The largest absolute Gasteiger partial charge is 0.368 e. The van der Waals surface area contributed by atoms with Gasteiger partial charge in [-0.3, -0.25) is 10.1 Å². The van der Waals surface area contributed by atoms with Crippen LogP contribution in [0.5, 0.6) is 0 Å². The van der Waals surface area contributed by atoms with Gasteiger partial charge in [0.05, 0.1) is 23.4 Å². The van der Waals surface area contributed by atoms with E-state index in [1.54, 1.807) is 28.8 Å². The fourth-order valence-corrected chi connectivity index (χ4v) is 2.99. The number of nitrogens with zero attached hydrogens (tertiary/aromatic N) is 6. The second kappa shape index (κ2) is 6.97. The van der Waals surface area contributed by atoms with E-state index in [1.165, 1.54) is 30.6 Å². The lowest BCUT2D eigenvalue weighted by atomic mass is 10.1. The van der Waals surface area contributed by atoms with Crippen LogP contribution in [0, 0.1) is 27.3 Å². The summed E-state index contributed by atoms with van der Waals surface area (Å²) in [6, 6.07) is 12.3. The van der Waals surface area contributed by atoms with Gasteiger partial charge >= 0.3 is 0 Å². The quantitative estimate of drug-likeness (QED) is 0.418. The minimum absolute atomic E-state index is 0.00838. The summed E-state index contributed by atoms with van der Waals surface area (Å²) >= 11 is 0. The van der Waals surface area contributed by atoms with E-state index >= 15 is 0 Å². The van der Waals surface area contributed by atoms with Crippen molar-refractivity contribution in [1.82, 2.24) is 19.5 Å². The van der Waals surface area contributed by atoms with E-state index in [9.17, 15) is 14.5 Å². The van der Waals surface area contributed by atoms with Gasteiger partial charge in [-0.15, -0.1) is 0 Å². The molecule has 4 rings (SSSR count). The summed E-state index contributed by atoms with van der Waals surface area (Å²) in [7, 11) is 0. The average Bonchev–Trinajstić information content (AvgIpc) is 3.10. The molecular weight excluding hydrogens is 377 g/mol. The molecule has 0 atom stereocenters. The van der Waals surface area contributed by atoms with E-state index < -0.39 is 10.7 Å². The van der Waals surface area contributed by atoms with Crippen molar-refractivity contribution in [2.45, 2.75) is 6.54 Å². The minimum atomic E-state index is -0.709. The maximum atomic E-state index is 14.7. The number of imidazole rings is 1. The molecule has 0 unspecified atom stereocenters. The summed E-state index contributed by atoms with van der Waals surface area (Å²) in [6.07, 6.45) is 1.51. The number of anilines is 1. The highest BCUT2D eigenvalue weighted by Crippen LogP contribution is 2.29. The zero-order valence-corrected chi connectivity index (χ0v) is 14.8. The average molecular weight is 389 g/mol. The van der Waals surface area contributed by atoms with Crippen molar-refractivity contribution in [2.24, 2.45) is 0 Å². The Morgan fingerprint density at radius 1 is 1.21 bits per heavy atom. The molecule has 0 fully saturated rings. The molecule has 2 aromatic heterocycles. The van der Waals surface area contributed by atoms with Gasteiger partial charge in [-0.2, -0.15) is 10.2 Å². The summed E-state index contributed by atoms with van der Waals surface area (Å²) in [5.74, 6) is -0.779. The molecule has 9 nitrogen and oxygen atoms in total. The second-order valence-corrected chi connectivity index (χ2v) is 6.18. The summed E-state index contributed by atoms with van der Waals surface area (Å²) in [5, 5.41) is 19.9. The Morgan fingerprint density at radius 2 is 1.97 bits per heavy atom. The molecule has 0 radical (unpaired) electrons. The van der Waals surface area contributed by atoms with Gasteiger partial charge in [-0.25, -0.2) is 14.4 Å². The standard InChI is InChI=1S/C19H12FN7O2/c20-15-12(8-21)2-1-3-14(15)16-17-18(25-19(22)24-16)26(10-23-17)9-11-4-6-13(7-5-11)27(28)29/h1-7,10H,9H2,(H2,22,24,25). The molecule has 0 aliphatic heterocycles. The smallest absolute Gasteiger partial charge is 0.269 e. The summed E-state index contributed by atoms with van der Waals surface area (Å²) in [6.45, 7) is 0.325. The molecule has 0 saturated carbocycles. The molecule has 2 heterocycles. The van der Waals surface area contributed by atoms with Crippen LogP contribution < -0.4 is 5.73 Å². The van der Waals surface area contributed by atoms with Crippen LogP contribution in [0.4, 0.5) is 16.0 Å². The molecule has 0 aliphatic carbocycles. The second-order valence-electron chi connectivity index (χ2n) is 6.18. The lowest BCUT2D eigenvalue weighted by Gasteiger charge is -2.07. The van der Waals surface area contributed by atoms with Crippen molar-refractivity contribution in [1.29, 1.82) is 5.26 Å². The SMILES string of the molecule is N#Cc1cccc(-c2nc(N)nc3c2ncn3Cc2ccc([N+](=O)[O-])cc2)c1F. The number of nitro benzene ring substituents is 1. The summed E-state index contributed by atoms with van der Waals surface area (Å²) < 4.78 is 16.3. The van der Waals surface area contributed by atoms with E-state index in [0.29, 0.717) is 17.7 Å². The van der Waals surface area contributed by atoms with Gasteiger partial charge in [0.15, 0.2) is 5.65 Å². The molecule has 0 amide bonds. The van der Waals surface area contributed by atoms with Gasteiger partial charge in [0.25, 0.3) is 5.69 Å². The molecule has 0 bridgehead atoms. The number of hydrogen-bond acceptors (Lipinski definition) is 7. The molecule has 2 N–H and O–H groups in total. The minimum Gasteiger partial charge on any atom is -0.368 e. The van der Waals surface area contributed by atoms with E-state index in [0.717, 1.165) is 5.56 Å². The topological polar surface area (TPSA) is 137 Å². The maximum absolute atomic E-state index is 14.7. The van der Waals surface area contributed by atoms with Crippen LogP contribution in [-0.4, -0.2) is 24.4 Å². The summed E-state index contributed by atoms with van der Waals surface area (Å²) in [5.41, 5.74) is 7.49. The number of nitro groups is 1. The van der Waals surface area contributed by atoms with Crippen molar-refractivity contribution in [3.05, 3.63) is 75.9 Å². The number of nitrogens with two attached hydrogens (primary N) is 1. The highest BCUT2D eigenvalue weighted by Gasteiger charge is 2.18. The van der Waals surface area contributed by atoms with Crippen LogP contribution in [0.25, 0.3) is 22.4 Å². The number of nitrogen functional groups attached to an aromatic ring is 1. The fourth-order valence-electron chi connectivity index (χ4n) is 2.99. The number of benzene rings is 2. The molecule has 29 heavy (non-hydrogen) atoms. The Morgan fingerprint density at radius 3 is 2.66 bits per heavy atom. The predicted octanol–water partition coefficient (Wildman–Crippen LogP) is 3.04. The van der Waals surface area contributed by atoms with Gasteiger partial charge < -0.3 is 10.3 Å². The van der Waals surface area contributed by atoms with Crippen molar-refractivity contribution < 1.29 is 9.31 Å². The van der Waals surface area contributed by atoms with Crippen LogP contribution in [0.1, 0.15) is 11.1 Å². The molecule has 2 aromatic carbocycles. The third-order valence-corrected chi connectivity index (χ3v) is 4.36. The normalized spacial score (nSPS) is 10.8. The lowest BCUT2D eigenvalue weighted by molar-refractivity contribution is -0.384. The molecule has 0 saturated heterocycles. The van der Waals surface area contributed by atoms with Gasteiger partial charge in [0.1, 0.15) is 23.1 Å². The molecule has 4 aromatic rings. The lowest BCUT2D eigenvalue weighted by Crippen LogP contribution is -2.04. The first-order valence-electron chi connectivity index (χ1n) is 8.38. The number of non-ortho nitro benzene ring substituents is 1. The Hall–Kier alpha value is -4.39. The number of halogens is 1. The Balaban J connectivity index is 1.80. The zero-order chi connectivity index (χ0) is 20.5. The van der Waals surface area contributed by atoms with Crippen LogP contribution in [0.2, 0.25) is 0 Å². The van der Waals surface area contributed by atoms with E-state index in [2.05, 4.69) is 15.0 Å². The monoisotopic (exact) mass is 389 g/mol. The first kappa shape index (κ1) is 18.0. The summed E-state index contributed by atoms with van der Waals surface area (Å²) in [4.78, 5) is 23.0. The van der Waals surface area contributed by atoms with Gasteiger partial charge in [0, 0.05) is 17.7 Å². The Kier molecular flexibility index (Phi) is 4.33. The van der Waals surface area contributed by atoms with Crippen LogP contribution in [0.3, 0.4) is 0 Å². The molecule has 142 valence electrons. The van der Waals surface area contributed by atoms with E-state index in [1.807, 2.05) is 0 Å². The van der Waals surface area contributed by atoms with Crippen LogP contribution in [0.15, 0.2) is 48.8 Å². The van der Waals surface area contributed by atoms with Crippen LogP contribution >= 0.6 is 0 Å². The third-order valence-electron chi connectivity index (χ3n) is 4.36. The Labute approximate surface area is 163 Å². The third kappa shape index (κ3) is 3.21. The number of rotatable bonds is 4. The number of aromatic nitrogens is 4. The number of fused-ring (bicyclic) bond motifs is 1. The van der Waals surface area contributed by atoms with Crippen LogP contribution in [-0.2, 0) is 6.54 Å². The van der Waals surface area contributed by atoms with E-state index in [4.69, 9.17) is 11.0 Å². The molecule has 10 heteroatoms. The number of hydrogen-bond donors (Lipinski definition) is 1. The number of nitriles is 1. The van der Waals surface area contributed by atoms with Gasteiger partial charge in [-0.05, 0) is 17.7 Å². The fraction of sp³-hybridized carbons (Fsp3) is 0.0526. The zero-order valence-electron chi connectivity index (χ0n) is 14.8. The van der Waals surface area contributed by atoms with Gasteiger partial charge in [0.2, 0.25) is 5.95 Å². The Bertz CT molecular complexity index is 1290. The van der Waals surface area contributed by atoms with Crippen molar-refractivity contribution >= 4 is 22.8 Å². The van der Waals surface area contributed by atoms with E-state index in [-0.39, 0.29) is 28.5 Å². The molecule has 0 aliphatic rings. The molecule has 0 spiro atoms. The highest BCUT2D eigenvalue weighted by atomic mass is 19.1. The molecular formula is C19H12FN7O2. The maximum Gasteiger partial charge on any atom is 0.269 e. The van der Waals surface area contributed by atoms with Crippen molar-refractivity contribution in [3.8, 4) is 17.3 Å². The first-order chi connectivity index (χ1) is 14.0. The van der Waals surface area contributed by atoms with Gasteiger partial charge in [-0.1, -0.05) is 18.2 Å². The van der Waals surface area contributed by atoms with Crippen molar-refractivity contribution in [2.75, 3.05) is 5.73 Å². The predicted molar refractivity (Wildman–Crippen MR) is 102 cm³/mol.